The smallest absolute Gasteiger partial charge is 0.270 e. The molecule has 4 rings (SSSR count). The number of hydrogen-bond acceptors (Lipinski definition) is 5. The van der Waals surface area contributed by atoms with Gasteiger partial charge in [-0.05, 0) is 48.6 Å². The van der Waals surface area contributed by atoms with Crippen LogP contribution in [-0.2, 0) is 0 Å². The van der Waals surface area contributed by atoms with E-state index in [1.54, 1.807) is 12.3 Å². The molecule has 0 saturated heterocycles. The summed E-state index contributed by atoms with van der Waals surface area (Å²) in [6.07, 6.45) is 3.49. The molecular formula is C19H12FN3O2S2. The van der Waals surface area contributed by atoms with E-state index in [0.717, 1.165) is 32.8 Å². The number of aromatic hydroxyl groups is 1. The lowest BCUT2D eigenvalue weighted by atomic mass is 10.1. The lowest BCUT2D eigenvalue weighted by Crippen LogP contribution is -2.22. The SMILES string of the molecule is O=C(Nn1c(O)c(/C=C2\C=Nc3ccccc32)sc1=S)c1ccc(F)cc1. The van der Waals surface area contributed by atoms with Crippen molar-refractivity contribution in [3.05, 3.63) is 74.3 Å². The summed E-state index contributed by atoms with van der Waals surface area (Å²) in [6, 6.07) is 12.8. The summed E-state index contributed by atoms with van der Waals surface area (Å²) in [7, 11) is 0. The quantitative estimate of drug-likeness (QED) is 0.626. The largest absolute Gasteiger partial charge is 0.492 e. The summed E-state index contributed by atoms with van der Waals surface area (Å²) in [6.45, 7) is 0. The average Bonchev–Trinajstić information content (AvgIpc) is 3.19. The van der Waals surface area contributed by atoms with Crippen molar-refractivity contribution >= 4 is 53.0 Å². The van der Waals surface area contributed by atoms with Crippen LogP contribution in [0, 0.1) is 9.77 Å². The molecule has 8 heteroatoms. The van der Waals surface area contributed by atoms with E-state index < -0.39 is 11.7 Å². The second kappa shape index (κ2) is 6.90. The maximum absolute atomic E-state index is 13.0. The number of allylic oxidation sites excluding steroid dienone is 1. The Morgan fingerprint density at radius 2 is 1.96 bits per heavy atom. The molecule has 1 aromatic heterocycles. The van der Waals surface area contributed by atoms with Crippen LogP contribution in [0.1, 0.15) is 20.8 Å². The number of para-hydroxylation sites is 1. The summed E-state index contributed by atoms with van der Waals surface area (Å²) in [4.78, 5) is 17.1. The number of rotatable bonds is 3. The van der Waals surface area contributed by atoms with Crippen LogP contribution >= 0.6 is 23.6 Å². The second-order valence-electron chi connectivity index (χ2n) is 5.71. The van der Waals surface area contributed by atoms with Crippen molar-refractivity contribution in [3.8, 4) is 5.88 Å². The molecule has 2 N–H and O–H groups in total. The van der Waals surface area contributed by atoms with Crippen LogP contribution in [0.15, 0.2) is 53.5 Å². The summed E-state index contributed by atoms with van der Waals surface area (Å²) < 4.78 is 14.4. The summed E-state index contributed by atoms with van der Waals surface area (Å²) in [5, 5.41) is 10.5. The molecule has 1 aliphatic rings. The highest BCUT2D eigenvalue weighted by molar-refractivity contribution is 7.73. The molecule has 27 heavy (non-hydrogen) atoms. The third kappa shape index (κ3) is 3.32. The van der Waals surface area contributed by atoms with Crippen LogP contribution < -0.4 is 5.43 Å². The highest BCUT2D eigenvalue weighted by atomic mass is 32.1. The van der Waals surface area contributed by atoms with E-state index in [0.29, 0.717) is 4.88 Å². The van der Waals surface area contributed by atoms with Crippen LogP contribution in [0.5, 0.6) is 5.88 Å². The topological polar surface area (TPSA) is 66.6 Å². The third-order valence-corrected chi connectivity index (χ3v) is 5.29. The van der Waals surface area contributed by atoms with Gasteiger partial charge in [0.1, 0.15) is 5.82 Å². The molecule has 0 unspecified atom stereocenters. The molecule has 0 bridgehead atoms. The maximum Gasteiger partial charge on any atom is 0.270 e. The van der Waals surface area contributed by atoms with Crippen LogP contribution in [0.2, 0.25) is 0 Å². The molecule has 1 amide bonds. The number of nitrogens with one attached hydrogen (secondary N) is 1. The predicted molar refractivity (Wildman–Crippen MR) is 107 cm³/mol. The van der Waals surface area contributed by atoms with Gasteiger partial charge in [-0.3, -0.25) is 15.2 Å². The Labute approximate surface area is 162 Å². The van der Waals surface area contributed by atoms with Gasteiger partial charge in [-0.15, -0.1) is 0 Å². The monoisotopic (exact) mass is 397 g/mol. The molecule has 3 aromatic rings. The first kappa shape index (κ1) is 17.3. The first-order chi connectivity index (χ1) is 13.0. The molecule has 0 saturated carbocycles. The van der Waals surface area contributed by atoms with Crippen LogP contribution in [0.25, 0.3) is 11.6 Å². The zero-order valence-electron chi connectivity index (χ0n) is 13.7. The normalized spacial score (nSPS) is 13.7. The molecule has 0 spiro atoms. The van der Waals surface area contributed by atoms with E-state index in [2.05, 4.69) is 10.4 Å². The van der Waals surface area contributed by atoms with Crippen LogP contribution in [-0.4, -0.2) is 21.9 Å². The number of fused-ring (bicyclic) bond motifs is 1. The molecule has 0 radical (unpaired) electrons. The highest BCUT2D eigenvalue weighted by Crippen LogP contribution is 2.35. The molecule has 1 aliphatic heterocycles. The van der Waals surface area contributed by atoms with Crippen molar-refractivity contribution in [1.29, 1.82) is 0 Å². The number of halogens is 1. The number of hydrogen-bond donors (Lipinski definition) is 2. The Kier molecular flexibility index (Phi) is 4.43. The maximum atomic E-state index is 13.0. The number of carbonyl (C=O) groups is 1. The number of aliphatic imine (C=N–C) groups is 1. The van der Waals surface area contributed by atoms with E-state index in [4.69, 9.17) is 12.2 Å². The van der Waals surface area contributed by atoms with Gasteiger partial charge in [-0.1, -0.05) is 29.5 Å². The average molecular weight is 397 g/mol. The molecule has 5 nitrogen and oxygen atoms in total. The number of aromatic nitrogens is 1. The number of carbonyl (C=O) groups excluding carboxylic acids is 1. The van der Waals surface area contributed by atoms with E-state index in [1.165, 1.54) is 24.3 Å². The van der Waals surface area contributed by atoms with Gasteiger partial charge in [0.05, 0.1) is 10.6 Å². The van der Waals surface area contributed by atoms with E-state index in [1.807, 2.05) is 24.3 Å². The first-order valence-electron chi connectivity index (χ1n) is 7.90. The molecule has 0 atom stereocenters. The van der Waals surface area contributed by atoms with Gasteiger partial charge in [-0.25, -0.2) is 4.39 Å². The fourth-order valence-corrected chi connectivity index (χ4v) is 3.82. The van der Waals surface area contributed by atoms with Crippen molar-refractivity contribution in [2.24, 2.45) is 4.99 Å². The molecule has 0 fully saturated rings. The van der Waals surface area contributed by atoms with Crippen molar-refractivity contribution < 1.29 is 14.3 Å². The van der Waals surface area contributed by atoms with Gasteiger partial charge < -0.3 is 5.11 Å². The summed E-state index contributed by atoms with van der Waals surface area (Å²) in [5.74, 6) is -1.12. The molecular weight excluding hydrogens is 385 g/mol. The number of benzene rings is 2. The van der Waals surface area contributed by atoms with Gasteiger partial charge in [-0.2, -0.15) is 4.68 Å². The third-order valence-electron chi connectivity index (χ3n) is 3.98. The molecule has 0 aliphatic carbocycles. The molecule has 2 aromatic carbocycles. The van der Waals surface area contributed by atoms with Crippen molar-refractivity contribution in [2.75, 3.05) is 5.43 Å². The lowest BCUT2D eigenvalue weighted by Gasteiger charge is -2.07. The van der Waals surface area contributed by atoms with Crippen molar-refractivity contribution in [3.63, 3.8) is 0 Å². The Hall–Kier alpha value is -3.10. The Bertz CT molecular complexity index is 1160. The standard InChI is InChI=1S/C19H12FN3O2S2/c20-13-7-5-11(6-8-13)17(24)22-23-18(25)16(27-19(23)26)9-12-10-21-15-4-2-1-3-14(12)15/h1-10,25H,(H,22,24)/b12-9+. The second-order valence-corrected chi connectivity index (χ2v) is 7.39. The highest BCUT2D eigenvalue weighted by Gasteiger charge is 2.17. The van der Waals surface area contributed by atoms with Crippen LogP contribution in [0.4, 0.5) is 10.1 Å². The Morgan fingerprint density at radius 1 is 1.22 bits per heavy atom. The number of nitrogens with zero attached hydrogens (tertiary/aromatic N) is 2. The van der Waals surface area contributed by atoms with Gasteiger partial charge in [0, 0.05) is 22.9 Å². The number of amides is 1. The molecule has 2 heterocycles. The number of thiazole rings is 1. The van der Waals surface area contributed by atoms with Gasteiger partial charge in [0.25, 0.3) is 5.91 Å². The minimum Gasteiger partial charge on any atom is -0.492 e. The zero-order valence-corrected chi connectivity index (χ0v) is 15.4. The minimum absolute atomic E-state index is 0.175. The summed E-state index contributed by atoms with van der Waals surface area (Å²) >= 11 is 6.41. The van der Waals surface area contributed by atoms with Gasteiger partial charge in [0.2, 0.25) is 5.88 Å². The molecule has 134 valence electrons. The zero-order chi connectivity index (χ0) is 19.0. The first-order valence-corrected chi connectivity index (χ1v) is 9.12. The van der Waals surface area contributed by atoms with Crippen molar-refractivity contribution in [1.82, 2.24) is 4.68 Å². The van der Waals surface area contributed by atoms with E-state index >= 15 is 0 Å². The lowest BCUT2D eigenvalue weighted by molar-refractivity contribution is 0.101. The fourth-order valence-electron chi connectivity index (χ4n) is 2.64. The van der Waals surface area contributed by atoms with Gasteiger partial charge >= 0.3 is 0 Å². The van der Waals surface area contributed by atoms with Gasteiger partial charge in [0.15, 0.2) is 3.95 Å². The van der Waals surface area contributed by atoms with Crippen LogP contribution in [0.3, 0.4) is 0 Å². The minimum atomic E-state index is -0.508. The van der Waals surface area contributed by atoms with E-state index in [-0.39, 0.29) is 15.4 Å². The van der Waals surface area contributed by atoms with E-state index in [9.17, 15) is 14.3 Å². The predicted octanol–water partition coefficient (Wildman–Crippen LogP) is 4.76. The Balaban J connectivity index is 1.64. The van der Waals surface area contributed by atoms with Crippen molar-refractivity contribution in [2.45, 2.75) is 0 Å². The Morgan fingerprint density at radius 3 is 2.74 bits per heavy atom. The summed E-state index contributed by atoms with van der Waals surface area (Å²) in [5.41, 5.74) is 5.43. The fraction of sp³-hybridized carbons (Fsp3) is 0.